The topological polar surface area (TPSA) is 32.7 Å². The molecule has 0 amide bonds. The van der Waals surface area contributed by atoms with E-state index in [1.165, 1.54) is 0 Å². The Balaban J connectivity index is 2.76. The fourth-order valence-corrected chi connectivity index (χ4v) is 2.55. The minimum absolute atomic E-state index is 0.104. The van der Waals surface area contributed by atoms with Crippen molar-refractivity contribution in [2.45, 2.75) is 45.8 Å². The Morgan fingerprint density at radius 2 is 2.00 bits per heavy atom. The van der Waals surface area contributed by atoms with Crippen LogP contribution in [0.5, 0.6) is 5.75 Å². The summed E-state index contributed by atoms with van der Waals surface area (Å²) in [6.07, 6.45) is 0.0852. The maximum absolute atomic E-state index is 10.4. The van der Waals surface area contributed by atoms with Gasteiger partial charge >= 0.3 is 0 Å². The smallest absolute Gasteiger partial charge is 0.124 e. The molecule has 1 atom stereocenters. The average Bonchev–Trinajstić information content (AvgIpc) is 2.37. The first-order valence-electron chi connectivity index (χ1n) is 7.06. The third kappa shape index (κ3) is 4.65. The highest BCUT2D eigenvalue weighted by atomic mass is 35.5. The van der Waals surface area contributed by atoms with Gasteiger partial charge in [0.1, 0.15) is 5.75 Å². The number of aliphatic hydroxyl groups excluding tert-OH is 1. The van der Waals surface area contributed by atoms with Crippen molar-refractivity contribution in [3.8, 4) is 5.75 Å². The normalized spacial score (nSPS) is 13.6. The molecule has 0 aliphatic carbocycles. The molecule has 1 N–H and O–H groups in total. The van der Waals surface area contributed by atoms with Gasteiger partial charge in [-0.1, -0.05) is 18.5 Å². The predicted octanol–water partition coefficient (Wildman–Crippen LogP) is 3.89. The predicted molar refractivity (Wildman–Crippen MR) is 84.6 cm³/mol. The Labute approximate surface area is 127 Å². The second kappa shape index (κ2) is 7.30. The lowest BCUT2D eigenvalue weighted by Crippen LogP contribution is -2.42. The monoisotopic (exact) mass is 299 g/mol. The van der Waals surface area contributed by atoms with Crippen molar-refractivity contribution in [2.24, 2.45) is 0 Å². The van der Waals surface area contributed by atoms with Gasteiger partial charge < -0.3 is 9.84 Å². The van der Waals surface area contributed by atoms with Crippen LogP contribution >= 0.6 is 11.6 Å². The minimum atomic E-state index is -0.569. The van der Waals surface area contributed by atoms with E-state index in [1.54, 1.807) is 25.3 Å². The molecule has 3 nitrogen and oxygen atoms in total. The lowest BCUT2D eigenvalue weighted by atomic mass is 10.0. The van der Waals surface area contributed by atoms with E-state index < -0.39 is 6.10 Å². The number of benzene rings is 1. The standard InChI is InChI=1S/C16H26ClNO2/c1-6-18(16(2,3)4)10-9-14(19)13-11-12(17)7-8-15(13)20-5/h7-8,11,14,19H,6,9-10H2,1-5H3. The van der Waals surface area contributed by atoms with Crippen molar-refractivity contribution >= 4 is 11.6 Å². The van der Waals surface area contributed by atoms with Crippen LogP contribution < -0.4 is 4.74 Å². The number of methoxy groups -OCH3 is 1. The summed E-state index contributed by atoms with van der Waals surface area (Å²) in [6, 6.07) is 5.34. The van der Waals surface area contributed by atoms with E-state index in [4.69, 9.17) is 16.3 Å². The number of hydrogen-bond acceptors (Lipinski definition) is 3. The largest absolute Gasteiger partial charge is 0.496 e. The van der Waals surface area contributed by atoms with Crippen LogP contribution in [0, 0.1) is 0 Å². The Hall–Kier alpha value is -0.770. The van der Waals surface area contributed by atoms with Gasteiger partial charge in [-0.25, -0.2) is 0 Å². The molecule has 0 fully saturated rings. The van der Waals surface area contributed by atoms with E-state index >= 15 is 0 Å². The highest BCUT2D eigenvalue weighted by Gasteiger charge is 2.21. The molecular formula is C16H26ClNO2. The maximum Gasteiger partial charge on any atom is 0.124 e. The van der Waals surface area contributed by atoms with E-state index in [0.717, 1.165) is 18.7 Å². The van der Waals surface area contributed by atoms with Gasteiger partial charge in [-0.15, -0.1) is 0 Å². The van der Waals surface area contributed by atoms with Crippen LogP contribution in [0.1, 0.15) is 45.8 Å². The molecule has 4 heteroatoms. The Kier molecular flexibility index (Phi) is 6.31. The molecule has 0 bridgehead atoms. The third-order valence-corrected chi connectivity index (χ3v) is 3.79. The van der Waals surface area contributed by atoms with E-state index in [1.807, 2.05) is 0 Å². The van der Waals surface area contributed by atoms with Gasteiger partial charge in [-0.05, 0) is 51.9 Å². The molecule has 1 aromatic carbocycles. The highest BCUT2D eigenvalue weighted by molar-refractivity contribution is 6.30. The summed E-state index contributed by atoms with van der Waals surface area (Å²) >= 11 is 6.00. The second-order valence-corrected chi connectivity index (χ2v) is 6.38. The first kappa shape index (κ1) is 17.3. The zero-order valence-electron chi connectivity index (χ0n) is 13.1. The zero-order chi connectivity index (χ0) is 15.3. The fraction of sp³-hybridized carbons (Fsp3) is 0.625. The molecule has 114 valence electrons. The molecule has 1 aromatic rings. The summed E-state index contributed by atoms with van der Waals surface area (Å²) in [5.41, 5.74) is 0.859. The van der Waals surface area contributed by atoms with Crippen LogP contribution in [0.4, 0.5) is 0 Å². The van der Waals surface area contributed by atoms with E-state index in [9.17, 15) is 5.11 Å². The molecule has 0 saturated heterocycles. The molecular weight excluding hydrogens is 274 g/mol. The average molecular weight is 300 g/mol. The molecule has 1 rings (SSSR count). The van der Waals surface area contributed by atoms with Crippen LogP contribution in [0.25, 0.3) is 0 Å². The molecule has 0 radical (unpaired) electrons. The van der Waals surface area contributed by atoms with Crippen molar-refractivity contribution in [3.63, 3.8) is 0 Å². The van der Waals surface area contributed by atoms with Gasteiger partial charge in [0.15, 0.2) is 0 Å². The lowest BCUT2D eigenvalue weighted by molar-refractivity contribution is 0.0984. The Morgan fingerprint density at radius 3 is 2.50 bits per heavy atom. The van der Waals surface area contributed by atoms with Crippen LogP contribution in [0.3, 0.4) is 0 Å². The maximum atomic E-state index is 10.4. The number of aliphatic hydroxyl groups is 1. The molecule has 20 heavy (non-hydrogen) atoms. The van der Waals surface area contributed by atoms with Gasteiger partial charge in [0, 0.05) is 22.7 Å². The summed E-state index contributed by atoms with van der Waals surface area (Å²) in [7, 11) is 1.60. The van der Waals surface area contributed by atoms with Crippen molar-refractivity contribution in [3.05, 3.63) is 28.8 Å². The van der Waals surface area contributed by atoms with Gasteiger partial charge in [0.2, 0.25) is 0 Å². The molecule has 0 aliphatic rings. The number of halogens is 1. The van der Waals surface area contributed by atoms with Gasteiger partial charge in [-0.3, -0.25) is 4.90 Å². The fourth-order valence-electron chi connectivity index (χ4n) is 2.37. The number of ether oxygens (including phenoxy) is 1. The first-order chi connectivity index (χ1) is 9.29. The number of nitrogens with zero attached hydrogens (tertiary/aromatic N) is 1. The molecule has 1 unspecified atom stereocenters. The zero-order valence-corrected chi connectivity index (χ0v) is 13.9. The third-order valence-electron chi connectivity index (χ3n) is 3.55. The molecule has 0 heterocycles. The molecule has 0 aliphatic heterocycles. The van der Waals surface area contributed by atoms with Crippen LogP contribution in [0.15, 0.2) is 18.2 Å². The number of hydrogen-bond donors (Lipinski definition) is 1. The van der Waals surface area contributed by atoms with Crippen molar-refractivity contribution in [2.75, 3.05) is 20.2 Å². The van der Waals surface area contributed by atoms with Crippen molar-refractivity contribution < 1.29 is 9.84 Å². The van der Waals surface area contributed by atoms with Crippen LogP contribution in [-0.2, 0) is 0 Å². The highest BCUT2D eigenvalue weighted by Crippen LogP contribution is 2.30. The SMILES string of the molecule is CCN(CCC(O)c1cc(Cl)ccc1OC)C(C)(C)C. The van der Waals surface area contributed by atoms with E-state index in [-0.39, 0.29) is 5.54 Å². The van der Waals surface area contributed by atoms with Crippen LogP contribution in [-0.4, -0.2) is 35.7 Å². The number of rotatable bonds is 6. The first-order valence-corrected chi connectivity index (χ1v) is 7.44. The van der Waals surface area contributed by atoms with Crippen molar-refractivity contribution in [1.82, 2.24) is 4.90 Å². The summed E-state index contributed by atoms with van der Waals surface area (Å²) in [6.45, 7) is 10.5. The molecule has 0 spiro atoms. The van der Waals surface area contributed by atoms with Crippen molar-refractivity contribution in [1.29, 1.82) is 0 Å². The second-order valence-electron chi connectivity index (χ2n) is 5.94. The summed E-state index contributed by atoms with van der Waals surface area (Å²) in [5, 5.41) is 11.0. The quantitative estimate of drug-likeness (QED) is 0.865. The van der Waals surface area contributed by atoms with Gasteiger partial charge in [0.25, 0.3) is 0 Å². The summed E-state index contributed by atoms with van der Waals surface area (Å²) in [4.78, 5) is 2.34. The van der Waals surface area contributed by atoms with Crippen LogP contribution in [0.2, 0.25) is 5.02 Å². The lowest BCUT2D eigenvalue weighted by Gasteiger charge is -2.35. The van der Waals surface area contributed by atoms with Gasteiger partial charge in [-0.2, -0.15) is 0 Å². The minimum Gasteiger partial charge on any atom is -0.496 e. The summed E-state index contributed by atoms with van der Waals surface area (Å²) < 4.78 is 5.29. The van der Waals surface area contributed by atoms with E-state index in [2.05, 4.69) is 32.6 Å². The summed E-state index contributed by atoms with van der Waals surface area (Å²) in [5.74, 6) is 0.681. The Bertz CT molecular complexity index is 429. The van der Waals surface area contributed by atoms with E-state index in [0.29, 0.717) is 17.2 Å². The molecule has 0 saturated carbocycles. The van der Waals surface area contributed by atoms with Gasteiger partial charge in [0.05, 0.1) is 13.2 Å². The molecule has 0 aromatic heterocycles. The Morgan fingerprint density at radius 1 is 1.35 bits per heavy atom.